The first kappa shape index (κ1) is 10.7. The number of rotatable bonds is 2. The number of nitrogen functional groups attached to an aromatic ring is 1. The summed E-state index contributed by atoms with van der Waals surface area (Å²) in [5.74, 6) is -0.165. The summed E-state index contributed by atoms with van der Waals surface area (Å²) >= 11 is 0. The quantitative estimate of drug-likeness (QED) is 0.711. The minimum Gasteiger partial charge on any atom is -0.399 e. The number of ketones is 1. The Hall–Kier alpha value is -1.84. The van der Waals surface area contributed by atoms with Crippen molar-refractivity contribution in [1.29, 1.82) is 0 Å². The summed E-state index contributed by atoms with van der Waals surface area (Å²) in [4.78, 5) is 22.8. The van der Waals surface area contributed by atoms with Crippen molar-refractivity contribution in [3.8, 4) is 0 Å². The van der Waals surface area contributed by atoms with Gasteiger partial charge in [0.1, 0.15) is 0 Å². The fourth-order valence-electron chi connectivity index (χ4n) is 1.87. The highest BCUT2D eigenvalue weighted by molar-refractivity contribution is 5.94. The van der Waals surface area contributed by atoms with Crippen LogP contribution >= 0.6 is 0 Å². The van der Waals surface area contributed by atoms with Crippen molar-refractivity contribution in [3.05, 3.63) is 29.8 Å². The van der Waals surface area contributed by atoms with Gasteiger partial charge < -0.3 is 11.1 Å². The molecule has 0 spiro atoms. The van der Waals surface area contributed by atoms with Gasteiger partial charge in [0, 0.05) is 18.0 Å². The van der Waals surface area contributed by atoms with Crippen LogP contribution in [0.3, 0.4) is 0 Å². The highest BCUT2D eigenvalue weighted by Gasteiger charge is 2.26. The number of carbonyl (C=O) groups excluding carboxylic acids is 2. The summed E-state index contributed by atoms with van der Waals surface area (Å²) in [5.41, 5.74) is 7.31. The normalized spacial score (nSPS) is 20.6. The van der Waals surface area contributed by atoms with Gasteiger partial charge in [-0.05, 0) is 24.1 Å². The monoisotopic (exact) mass is 218 g/mol. The predicted molar refractivity (Wildman–Crippen MR) is 60.7 cm³/mol. The fraction of sp³-hybridized carbons (Fsp3) is 0.333. The van der Waals surface area contributed by atoms with E-state index >= 15 is 0 Å². The molecule has 1 atom stereocenters. The molecular weight excluding hydrogens is 204 g/mol. The van der Waals surface area contributed by atoms with E-state index in [0.29, 0.717) is 18.5 Å². The van der Waals surface area contributed by atoms with Crippen LogP contribution in [-0.4, -0.2) is 18.2 Å². The van der Waals surface area contributed by atoms with Gasteiger partial charge in [-0.25, -0.2) is 0 Å². The predicted octanol–water partition coefficient (Wildman–Crippen LogP) is 0.516. The summed E-state index contributed by atoms with van der Waals surface area (Å²) in [6.07, 6.45) is 0.939. The molecule has 0 saturated carbocycles. The number of amides is 1. The third kappa shape index (κ3) is 2.39. The van der Waals surface area contributed by atoms with E-state index in [0.717, 1.165) is 5.56 Å². The molecule has 0 aliphatic carbocycles. The molecule has 1 aromatic rings. The summed E-state index contributed by atoms with van der Waals surface area (Å²) in [6, 6.07) is 7.39. The van der Waals surface area contributed by atoms with Crippen molar-refractivity contribution >= 4 is 17.4 Å². The van der Waals surface area contributed by atoms with Gasteiger partial charge in [0.15, 0.2) is 5.78 Å². The van der Waals surface area contributed by atoms with Gasteiger partial charge in [0.2, 0.25) is 5.91 Å². The Morgan fingerprint density at radius 2 is 1.94 bits per heavy atom. The van der Waals surface area contributed by atoms with Crippen LogP contribution in [0.15, 0.2) is 24.3 Å². The lowest BCUT2D eigenvalue weighted by molar-refractivity contribution is -0.134. The minimum absolute atomic E-state index is 0.0311. The maximum absolute atomic E-state index is 11.5. The zero-order chi connectivity index (χ0) is 11.5. The molecule has 0 bridgehead atoms. The van der Waals surface area contributed by atoms with E-state index in [1.165, 1.54) is 0 Å². The zero-order valence-corrected chi connectivity index (χ0v) is 8.90. The van der Waals surface area contributed by atoms with Crippen LogP contribution in [-0.2, 0) is 16.0 Å². The van der Waals surface area contributed by atoms with Crippen molar-refractivity contribution in [1.82, 2.24) is 5.32 Å². The van der Waals surface area contributed by atoms with Crippen molar-refractivity contribution < 1.29 is 9.59 Å². The number of anilines is 1. The largest absolute Gasteiger partial charge is 0.399 e. The third-order valence-electron chi connectivity index (χ3n) is 2.77. The molecule has 2 rings (SSSR count). The van der Waals surface area contributed by atoms with E-state index in [1.54, 1.807) is 12.1 Å². The van der Waals surface area contributed by atoms with Crippen LogP contribution in [0.4, 0.5) is 5.69 Å². The second kappa shape index (κ2) is 4.35. The summed E-state index contributed by atoms with van der Waals surface area (Å²) in [6.45, 7) is 0.178. The van der Waals surface area contributed by atoms with Gasteiger partial charge >= 0.3 is 0 Å². The molecule has 4 nitrogen and oxygen atoms in total. The van der Waals surface area contributed by atoms with Gasteiger partial charge in [-0.2, -0.15) is 0 Å². The van der Waals surface area contributed by atoms with Gasteiger partial charge in [0.25, 0.3) is 0 Å². The lowest BCUT2D eigenvalue weighted by Gasteiger charge is -2.20. The maximum atomic E-state index is 11.5. The molecule has 0 aromatic heterocycles. The second-order valence-corrected chi connectivity index (χ2v) is 4.10. The van der Waals surface area contributed by atoms with Crippen molar-refractivity contribution in [3.63, 3.8) is 0 Å². The van der Waals surface area contributed by atoms with Crippen LogP contribution in [0.2, 0.25) is 0 Å². The van der Waals surface area contributed by atoms with E-state index in [-0.39, 0.29) is 24.2 Å². The number of nitrogens with two attached hydrogens (primary N) is 1. The van der Waals surface area contributed by atoms with Gasteiger partial charge in [0.05, 0.1) is 6.54 Å². The van der Waals surface area contributed by atoms with E-state index < -0.39 is 0 Å². The molecule has 4 heteroatoms. The first-order chi connectivity index (χ1) is 7.65. The second-order valence-electron chi connectivity index (χ2n) is 4.10. The van der Waals surface area contributed by atoms with Crippen LogP contribution in [0, 0.1) is 5.92 Å². The Balaban J connectivity index is 2.05. The van der Waals surface area contributed by atoms with Crippen molar-refractivity contribution in [2.24, 2.45) is 5.92 Å². The van der Waals surface area contributed by atoms with E-state index in [1.807, 2.05) is 12.1 Å². The molecule has 3 N–H and O–H groups in total. The molecule has 1 heterocycles. The van der Waals surface area contributed by atoms with E-state index in [4.69, 9.17) is 5.73 Å². The Labute approximate surface area is 93.8 Å². The number of hydrogen-bond donors (Lipinski definition) is 2. The van der Waals surface area contributed by atoms with Crippen LogP contribution in [0.1, 0.15) is 12.0 Å². The molecule has 1 aromatic carbocycles. The van der Waals surface area contributed by atoms with Crippen LogP contribution in [0.5, 0.6) is 0 Å². The number of Topliss-reactive ketones (excluding diaryl/α,β-unsaturated/α-hetero) is 1. The molecule has 0 unspecified atom stereocenters. The highest BCUT2D eigenvalue weighted by atomic mass is 16.2. The zero-order valence-electron chi connectivity index (χ0n) is 8.90. The van der Waals surface area contributed by atoms with Crippen LogP contribution < -0.4 is 11.1 Å². The molecule has 1 amide bonds. The topological polar surface area (TPSA) is 72.2 Å². The summed E-state index contributed by atoms with van der Waals surface area (Å²) in [5, 5.41) is 2.60. The highest BCUT2D eigenvalue weighted by Crippen LogP contribution is 2.16. The standard InChI is InChI=1S/C12H14N2O2/c13-10-3-1-8(2-4-10)5-9-6-11(15)7-14-12(9)16/h1-4,9H,5-7,13H2,(H,14,16)/t9-/m1/s1. The Morgan fingerprint density at radius 1 is 1.25 bits per heavy atom. The lowest BCUT2D eigenvalue weighted by atomic mass is 9.91. The molecule has 1 fully saturated rings. The van der Waals surface area contributed by atoms with Gasteiger partial charge in [-0.3, -0.25) is 9.59 Å². The number of piperidine rings is 1. The van der Waals surface area contributed by atoms with Gasteiger partial charge in [-0.1, -0.05) is 12.1 Å². The van der Waals surface area contributed by atoms with Gasteiger partial charge in [-0.15, -0.1) is 0 Å². The Kier molecular flexibility index (Phi) is 2.90. The summed E-state index contributed by atoms with van der Waals surface area (Å²) < 4.78 is 0. The molecular formula is C12H14N2O2. The number of hydrogen-bond acceptors (Lipinski definition) is 3. The third-order valence-corrected chi connectivity index (χ3v) is 2.77. The smallest absolute Gasteiger partial charge is 0.224 e. The Bertz CT molecular complexity index is 412. The SMILES string of the molecule is Nc1ccc(C[C@@H]2CC(=O)CNC2=O)cc1. The van der Waals surface area contributed by atoms with Crippen LogP contribution in [0.25, 0.3) is 0 Å². The lowest BCUT2D eigenvalue weighted by Crippen LogP contribution is -2.42. The van der Waals surface area contributed by atoms with E-state index in [9.17, 15) is 9.59 Å². The number of carbonyl (C=O) groups is 2. The summed E-state index contributed by atoms with van der Waals surface area (Å²) in [7, 11) is 0. The average molecular weight is 218 g/mol. The molecule has 1 aliphatic rings. The molecule has 1 aliphatic heterocycles. The first-order valence-corrected chi connectivity index (χ1v) is 5.29. The minimum atomic E-state index is -0.232. The first-order valence-electron chi connectivity index (χ1n) is 5.29. The average Bonchev–Trinajstić information content (AvgIpc) is 2.27. The molecule has 84 valence electrons. The molecule has 1 saturated heterocycles. The maximum Gasteiger partial charge on any atom is 0.224 e. The molecule has 16 heavy (non-hydrogen) atoms. The van der Waals surface area contributed by atoms with Crippen molar-refractivity contribution in [2.75, 3.05) is 12.3 Å². The van der Waals surface area contributed by atoms with Crippen molar-refractivity contribution in [2.45, 2.75) is 12.8 Å². The number of benzene rings is 1. The number of nitrogens with one attached hydrogen (secondary N) is 1. The molecule has 0 radical (unpaired) electrons. The van der Waals surface area contributed by atoms with E-state index in [2.05, 4.69) is 5.32 Å². The Morgan fingerprint density at radius 3 is 2.62 bits per heavy atom. The fourth-order valence-corrected chi connectivity index (χ4v) is 1.87.